The zero-order chi connectivity index (χ0) is 12.0. The number of methoxy groups -OCH3 is 1. The third-order valence-corrected chi connectivity index (χ3v) is 2.57. The molecule has 1 aromatic carbocycles. The van der Waals surface area contributed by atoms with E-state index in [1.165, 1.54) is 7.11 Å². The summed E-state index contributed by atoms with van der Waals surface area (Å²) in [5, 5.41) is 0.568. The van der Waals surface area contributed by atoms with E-state index in [4.69, 9.17) is 16.3 Å². The van der Waals surface area contributed by atoms with Crippen molar-refractivity contribution in [3.63, 3.8) is 0 Å². The molecule has 16 heavy (non-hydrogen) atoms. The Morgan fingerprint density at radius 3 is 2.56 bits per heavy atom. The molecular formula is C12H13ClF2O. The molecule has 4 heteroatoms. The van der Waals surface area contributed by atoms with Gasteiger partial charge < -0.3 is 4.74 Å². The van der Waals surface area contributed by atoms with Crippen molar-refractivity contribution in [2.45, 2.75) is 12.3 Å². The first-order chi connectivity index (χ1) is 7.69. The van der Waals surface area contributed by atoms with E-state index in [1.54, 1.807) is 24.3 Å². The van der Waals surface area contributed by atoms with Crippen molar-refractivity contribution >= 4 is 11.6 Å². The van der Waals surface area contributed by atoms with Crippen LogP contribution >= 0.6 is 11.6 Å². The summed E-state index contributed by atoms with van der Waals surface area (Å²) in [5.41, 5.74) is 0.688. The maximum atomic E-state index is 13.3. The fraction of sp³-hybridized carbons (Fsp3) is 0.333. The van der Waals surface area contributed by atoms with Gasteiger partial charge in [0.25, 0.3) is 0 Å². The van der Waals surface area contributed by atoms with Crippen LogP contribution < -0.4 is 0 Å². The molecule has 1 rings (SSSR count). The van der Waals surface area contributed by atoms with Gasteiger partial charge in [-0.15, -0.1) is 0 Å². The molecule has 1 nitrogen and oxygen atoms in total. The maximum Gasteiger partial charge on any atom is 0.136 e. The van der Waals surface area contributed by atoms with Crippen LogP contribution in [0.4, 0.5) is 8.78 Å². The predicted octanol–water partition coefficient (Wildman–Crippen LogP) is 4.24. The van der Waals surface area contributed by atoms with E-state index in [2.05, 4.69) is 0 Å². The Balaban J connectivity index is 2.87. The van der Waals surface area contributed by atoms with E-state index in [1.807, 2.05) is 0 Å². The predicted molar refractivity (Wildman–Crippen MR) is 61.0 cm³/mol. The zero-order valence-corrected chi connectivity index (χ0v) is 9.68. The van der Waals surface area contributed by atoms with Crippen LogP contribution in [-0.4, -0.2) is 13.7 Å². The van der Waals surface area contributed by atoms with Gasteiger partial charge in [-0.3, -0.25) is 0 Å². The van der Waals surface area contributed by atoms with Crippen LogP contribution in [-0.2, 0) is 4.74 Å². The second-order valence-electron chi connectivity index (χ2n) is 3.38. The largest absolute Gasteiger partial charge is 0.385 e. The van der Waals surface area contributed by atoms with E-state index < -0.39 is 11.7 Å². The van der Waals surface area contributed by atoms with Gasteiger partial charge in [-0.2, -0.15) is 0 Å². The first kappa shape index (κ1) is 13.1. The third kappa shape index (κ3) is 3.58. The molecule has 1 unspecified atom stereocenters. The first-order valence-corrected chi connectivity index (χ1v) is 5.27. The highest BCUT2D eigenvalue weighted by Crippen LogP contribution is 2.29. The molecule has 0 aliphatic heterocycles. The molecule has 1 atom stereocenters. The minimum absolute atomic E-state index is 0.00503. The van der Waals surface area contributed by atoms with E-state index in [9.17, 15) is 8.78 Å². The minimum atomic E-state index is -0.792. The highest BCUT2D eigenvalue weighted by molar-refractivity contribution is 6.30. The minimum Gasteiger partial charge on any atom is -0.385 e. The summed E-state index contributed by atoms with van der Waals surface area (Å²) in [6, 6.07) is 6.68. The summed E-state index contributed by atoms with van der Waals surface area (Å²) in [5.74, 6) is -1.40. The Kier molecular flexibility index (Phi) is 5.43. The van der Waals surface area contributed by atoms with Gasteiger partial charge in [-0.05, 0) is 24.1 Å². The second kappa shape index (κ2) is 6.61. The van der Waals surface area contributed by atoms with Gasteiger partial charge >= 0.3 is 0 Å². The Hall–Kier alpha value is -0.930. The average Bonchev–Trinajstić information content (AvgIpc) is 2.31. The summed E-state index contributed by atoms with van der Waals surface area (Å²) in [6.45, 7) is 0.370. The number of benzene rings is 1. The fourth-order valence-corrected chi connectivity index (χ4v) is 1.60. The monoisotopic (exact) mass is 246 g/mol. The van der Waals surface area contributed by atoms with Gasteiger partial charge in [0.1, 0.15) is 12.2 Å². The van der Waals surface area contributed by atoms with Crippen molar-refractivity contribution in [2.75, 3.05) is 13.7 Å². The van der Waals surface area contributed by atoms with Gasteiger partial charge in [-0.1, -0.05) is 23.7 Å². The van der Waals surface area contributed by atoms with Gasteiger partial charge in [-0.25, -0.2) is 8.78 Å². The van der Waals surface area contributed by atoms with Crippen LogP contribution in [0.3, 0.4) is 0 Å². The standard InChI is InChI=1S/C12H13ClF2O/c1-16-7-6-11(12(15)8-14)9-2-4-10(13)5-3-9/h2-5,8,11H,6-7H2,1H3/b12-8-. The lowest BCUT2D eigenvalue weighted by Crippen LogP contribution is -2.03. The zero-order valence-electron chi connectivity index (χ0n) is 8.92. The normalized spacial score (nSPS) is 13.9. The van der Waals surface area contributed by atoms with Crippen LogP contribution in [0.15, 0.2) is 36.4 Å². The molecule has 0 aromatic heterocycles. The molecule has 0 spiro atoms. The van der Waals surface area contributed by atoms with Gasteiger partial charge in [0.05, 0.1) is 0 Å². The van der Waals surface area contributed by atoms with Crippen LogP contribution in [0.25, 0.3) is 0 Å². The average molecular weight is 247 g/mol. The van der Waals surface area contributed by atoms with Gasteiger partial charge in [0.2, 0.25) is 0 Å². The highest BCUT2D eigenvalue weighted by Gasteiger charge is 2.16. The Morgan fingerprint density at radius 2 is 2.06 bits per heavy atom. The molecular weight excluding hydrogens is 234 g/mol. The third-order valence-electron chi connectivity index (χ3n) is 2.32. The fourth-order valence-electron chi connectivity index (χ4n) is 1.47. The lowest BCUT2D eigenvalue weighted by molar-refractivity contribution is 0.188. The Bertz CT molecular complexity index is 349. The lowest BCUT2D eigenvalue weighted by atomic mass is 9.95. The van der Waals surface area contributed by atoms with Crippen LogP contribution in [0.1, 0.15) is 17.9 Å². The number of halogens is 3. The van der Waals surface area contributed by atoms with E-state index in [0.717, 1.165) is 0 Å². The molecule has 1 aromatic rings. The Morgan fingerprint density at radius 1 is 1.44 bits per heavy atom. The molecule has 0 radical (unpaired) electrons. The SMILES string of the molecule is COCCC(/C(F)=C/F)c1ccc(Cl)cc1. The highest BCUT2D eigenvalue weighted by atomic mass is 35.5. The van der Waals surface area contributed by atoms with Crippen molar-refractivity contribution in [2.24, 2.45) is 0 Å². The molecule has 0 aliphatic carbocycles. The van der Waals surface area contributed by atoms with Crippen LogP contribution in [0.5, 0.6) is 0 Å². The molecule has 88 valence electrons. The lowest BCUT2D eigenvalue weighted by Gasteiger charge is -2.14. The number of allylic oxidation sites excluding steroid dienone is 1. The smallest absolute Gasteiger partial charge is 0.136 e. The number of rotatable bonds is 5. The molecule has 0 fully saturated rings. The molecule has 0 saturated carbocycles. The van der Waals surface area contributed by atoms with Crippen molar-refractivity contribution < 1.29 is 13.5 Å². The van der Waals surface area contributed by atoms with Crippen LogP contribution in [0, 0.1) is 0 Å². The molecule has 0 saturated heterocycles. The van der Waals surface area contributed by atoms with E-state index in [0.29, 0.717) is 23.6 Å². The summed E-state index contributed by atoms with van der Waals surface area (Å²) in [6.07, 6.45) is 0.388. The summed E-state index contributed by atoms with van der Waals surface area (Å²) in [7, 11) is 1.52. The second-order valence-corrected chi connectivity index (χ2v) is 3.82. The number of hydrogen-bond acceptors (Lipinski definition) is 1. The number of ether oxygens (including phenoxy) is 1. The molecule has 0 amide bonds. The topological polar surface area (TPSA) is 9.23 Å². The van der Waals surface area contributed by atoms with Crippen molar-refractivity contribution in [3.05, 3.63) is 47.0 Å². The molecule has 0 bridgehead atoms. The summed E-state index contributed by atoms with van der Waals surface area (Å²) in [4.78, 5) is 0. The maximum absolute atomic E-state index is 13.3. The Labute approximate surface area is 98.7 Å². The van der Waals surface area contributed by atoms with Crippen LogP contribution in [0.2, 0.25) is 5.02 Å². The molecule has 0 aliphatic rings. The van der Waals surface area contributed by atoms with Crippen molar-refractivity contribution in [1.29, 1.82) is 0 Å². The van der Waals surface area contributed by atoms with Crippen molar-refractivity contribution in [1.82, 2.24) is 0 Å². The van der Waals surface area contributed by atoms with E-state index >= 15 is 0 Å². The quantitative estimate of drug-likeness (QED) is 0.755. The summed E-state index contributed by atoms with van der Waals surface area (Å²) >= 11 is 5.73. The molecule has 0 heterocycles. The molecule has 0 N–H and O–H groups in total. The van der Waals surface area contributed by atoms with Gasteiger partial charge in [0.15, 0.2) is 0 Å². The number of hydrogen-bond donors (Lipinski definition) is 0. The summed E-state index contributed by atoms with van der Waals surface area (Å²) < 4.78 is 30.4. The van der Waals surface area contributed by atoms with E-state index in [-0.39, 0.29) is 6.33 Å². The van der Waals surface area contributed by atoms with Gasteiger partial charge in [0, 0.05) is 24.7 Å². The first-order valence-electron chi connectivity index (χ1n) is 4.89. The van der Waals surface area contributed by atoms with Crippen molar-refractivity contribution in [3.8, 4) is 0 Å².